The number of amides is 1. The maximum Gasteiger partial charge on any atom is 0.308 e. The Morgan fingerprint density at radius 3 is 2.76 bits per heavy atom. The van der Waals surface area contributed by atoms with Gasteiger partial charge in [0.2, 0.25) is 10.0 Å². The molecule has 2 atom stereocenters. The molecule has 0 aliphatic carbocycles. The van der Waals surface area contributed by atoms with Crippen molar-refractivity contribution in [3.63, 3.8) is 0 Å². The molecule has 7 nitrogen and oxygen atoms in total. The SMILES string of the molecule is C=CCNS(=O)(=O)c1cccc(C(=O)N2CC(C(=O)O)CCC2C)c1. The summed E-state index contributed by atoms with van der Waals surface area (Å²) >= 11 is 0. The zero-order valence-electron chi connectivity index (χ0n) is 14.0. The van der Waals surface area contributed by atoms with Gasteiger partial charge in [0.15, 0.2) is 0 Å². The summed E-state index contributed by atoms with van der Waals surface area (Å²) in [6.45, 7) is 5.53. The van der Waals surface area contributed by atoms with Crippen LogP contribution in [-0.2, 0) is 14.8 Å². The van der Waals surface area contributed by atoms with E-state index in [-0.39, 0.29) is 35.5 Å². The lowest BCUT2D eigenvalue weighted by molar-refractivity contribution is -0.143. The summed E-state index contributed by atoms with van der Waals surface area (Å²) in [5.41, 5.74) is 0.222. The fourth-order valence-electron chi connectivity index (χ4n) is 2.81. The van der Waals surface area contributed by atoms with Gasteiger partial charge in [0.25, 0.3) is 5.91 Å². The third-order valence-electron chi connectivity index (χ3n) is 4.30. The highest BCUT2D eigenvalue weighted by Crippen LogP contribution is 2.24. The number of nitrogens with zero attached hydrogens (tertiary/aromatic N) is 1. The molecule has 1 fully saturated rings. The summed E-state index contributed by atoms with van der Waals surface area (Å²) in [6.07, 6.45) is 2.55. The maximum absolute atomic E-state index is 12.8. The molecule has 1 aromatic rings. The Balaban J connectivity index is 2.26. The number of rotatable bonds is 6. The Labute approximate surface area is 147 Å². The maximum atomic E-state index is 12.8. The van der Waals surface area contributed by atoms with Crippen LogP contribution in [-0.4, -0.2) is 49.4 Å². The second-order valence-corrected chi connectivity index (χ2v) is 7.85. The molecule has 2 N–H and O–H groups in total. The average Bonchev–Trinajstić information content (AvgIpc) is 2.59. The Kier molecular flexibility index (Phi) is 5.97. The lowest BCUT2D eigenvalue weighted by Gasteiger charge is -2.36. The van der Waals surface area contributed by atoms with Gasteiger partial charge in [-0.3, -0.25) is 9.59 Å². The quantitative estimate of drug-likeness (QED) is 0.742. The smallest absolute Gasteiger partial charge is 0.308 e. The number of carboxylic acids is 1. The van der Waals surface area contributed by atoms with Crippen LogP contribution >= 0.6 is 0 Å². The predicted molar refractivity (Wildman–Crippen MR) is 92.7 cm³/mol. The van der Waals surface area contributed by atoms with Gasteiger partial charge in [-0.1, -0.05) is 12.1 Å². The monoisotopic (exact) mass is 366 g/mol. The Bertz CT molecular complexity index is 775. The first-order valence-electron chi connectivity index (χ1n) is 8.00. The summed E-state index contributed by atoms with van der Waals surface area (Å²) in [6, 6.07) is 5.65. The van der Waals surface area contributed by atoms with E-state index >= 15 is 0 Å². The molecule has 1 aliphatic heterocycles. The van der Waals surface area contributed by atoms with Crippen LogP contribution in [0.5, 0.6) is 0 Å². The summed E-state index contributed by atoms with van der Waals surface area (Å²) in [5, 5.41) is 9.19. The Hall–Kier alpha value is -2.19. The van der Waals surface area contributed by atoms with Gasteiger partial charge in [-0.05, 0) is 38.0 Å². The van der Waals surface area contributed by atoms with Crippen LogP contribution < -0.4 is 4.72 Å². The number of likely N-dealkylation sites (tertiary alicyclic amines) is 1. The van der Waals surface area contributed by atoms with Gasteiger partial charge in [0.05, 0.1) is 10.8 Å². The molecule has 0 saturated carbocycles. The zero-order chi connectivity index (χ0) is 18.6. The van der Waals surface area contributed by atoms with Crippen LogP contribution in [0.25, 0.3) is 0 Å². The molecule has 2 rings (SSSR count). The molecule has 1 aliphatic rings. The van der Waals surface area contributed by atoms with E-state index < -0.39 is 21.9 Å². The van der Waals surface area contributed by atoms with Crippen LogP contribution in [0.2, 0.25) is 0 Å². The third kappa shape index (κ3) is 4.46. The number of carboxylic acid groups (broad SMARTS) is 1. The molecular formula is C17H22N2O5S. The van der Waals surface area contributed by atoms with Crippen LogP contribution in [0.3, 0.4) is 0 Å². The molecule has 1 aromatic carbocycles. The van der Waals surface area contributed by atoms with Crippen molar-refractivity contribution in [2.75, 3.05) is 13.1 Å². The second kappa shape index (κ2) is 7.79. The number of piperidine rings is 1. The van der Waals surface area contributed by atoms with Crippen molar-refractivity contribution in [2.24, 2.45) is 5.92 Å². The van der Waals surface area contributed by atoms with Gasteiger partial charge < -0.3 is 10.0 Å². The minimum atomic E-state index is -3.73. The van der Waals surface area contributed by atoms with E-state index in [0.29, 0.717) is 12.8 Å². The van der Waals surface area contributed by atoms with Gasteiger partial charge in [0, 0.05) is 24.7 Å². The largest absolute Gasteiger partial charge is 0.481 e. The van der Waals surface area contributed by atoms with Crippen molar-refractivity contribution in [3.8, 4) is 0 Å². The topological polar surface area (TPSA) is 104 Å². The fourth-order valence-corrected chi connectivity index (χ4v) is 3.85. The van der Waals surface area contributed by atoms with E-state index in [9.17, 15) is 23.1 Å². The predicted octanol–water partition coefficient (Wildman–Crippen LogP) is 1.48. The van der Waals surface area contributed by atoms with Crippen LogP contribution in [0.1, 0.15) is 30.1 Å². The number of carbonyl (C=O) groups excluding carboxylic acids is 1. The van der Waals surface area contributed by atoms with E-state index in [2.05, 4.69) is 11.3 Å². The minimum Gasteiger partial charge on any atom is -0.481 e. The molecule has 1 saturated heterocycles. The second-order valence-electron chi connectivity index (χ2n) is 6.09. The lowest BCUT2D eigenvalue weighted by atomic mass is 9.93. The summed E-state index contributed by atoms with van der Waals surface area (Å²) in [5.74, 6) is -1.88. The lowest BCUT2D eigenvalue weighted by Crippen LogP contribution is -2.47. The molecule has 0 spiro atoms. The number of hydrogen-bond donors (Lipinski definition) is 2. The van der Waals surface area contributed by atoms with E-state index in [1.807, 2.05) is 6.92 Å². The Morgan fingerprint density at radius 1 is 1.40 bits per heavy atom. The molecule has 1 amide bonds. The average molecular weight is 366 g/mol. The highest BCUT2D eigenvalue weighted by atomic mass is 32.2. The summed E-state index contributed by atoms with van der Waals surface area (Å²) in [4.78, 5) is 25.5. The highest BCUT2D eigenvalue weighted by molar-refractivity contribution is 7.89. The standard InChI is InChI=1S/C17H22N2O5S/c1-3-9-18-25(23,24)15-6-4-5-13(10-15)16(20)19-11-14(17(21)22)8-7-12(19)2/h3-6,10,12,14,18H,1,7-9,11H2,2H3,(H,21,22). The first-order chi connectivity index (χ1) is 11.8. The first kappa shape index (κ1) is 19.1. The van der Waals surface area contributed by atoms with Crippen LogP contribution in [0, 0.1) is 5.92 Å². The van der Waals surface area contributed by atoms with Gasteiger partial charge in [-0.25, -0.2) is 13.1 Å². The van der Waals surface area contributed by atoms with E-state index in [1.54, 1.807) is 0 Å². The summed E-state index contributed by atoms with van der Waals surface area (Å²) in [7, 11) is -3.73. The molecule has 136 valence electrons. The summed E-state index contributed by atoms with van der Waals surface area (Å²) < 4.78 is 26.7. The number of carbonyl (C=O) groups is 2. The minimum absolute atomic E-state index is 0.0142. The molecular weight excluding hydrogens is 344 g/mol. The van der Waals surface area contributed by atoms with E-state index in [1.165, 1.54) is 35.2 Å². The highest BCUT2D eigenvalue weighted by Gasteiger charge is 2.33. The molecule has 0 radical (unpaired) electrons. The molecule has 8 heteroatoms. The Morgan fingerprint density at radius 2 is 2.12 bits per heavy atom. The fraction of sp³-hybridized carbons (Fsp3) is 0.412. The van der Waals surface area contributed by atoms with Crippen molar-refractivity contribution in [3.05, 3.63) is 42.5 Å². The molecule has 2 unspecified atom stereocenters. The molecule has 0 aromatic heterocycles. The normalized spacial score (nSPS) is 20.9. The number of nitrogens with one attached hydrogen (secondary N) is 1. The third-order valence-corrected chi connectivity index (χ3v) is 5.72. The van der Waals surface area contributed by atoms with Crippen LogP contribution in [0.4, 0.5) is 0 Å². The van der Waals surface area contributed by atoms with Crippen molar-refractivity contribution in [1.82, 2.24) is 9.62 Å². The molecule has 0 bridgehead atoms. The number of hydrogen-bond acceptors (Lipinski definition) is 4. The van der Waals surface area contributed by atoms with Crippen LogP contribution in [0.15, 0.2) is 41.8 Å². The van der Waals surface area contributed by atoms with Gasteiger partial charge in [0.1, 0.15) is 0 Å². The van der Waals surface area contributed by atoms with Crippen molar-refractivity contribution >= 4 is 21.9 Å². The number of sulfonamides is 1. The van der Waals surface area contributed by atoms with Gasteiger partial charge >= 0.3 is 5.97 Å². The van der Waals surface area contributed by atoms with Gasteiger partial charge in [-0.15, -0.1) is 6.58 Å². The van der Waals surface area contributed by atoms with Crippen molar-refractivity contribution in [1.29, 1.82) is 0 Å². The van der Waals surface area contributed by atoms with Crippen molar-refractivity contribution in [2.45, 2.75) is 30.7 Å². The van der Waals surface area contributed by atoms with Crippen molar-refractivity contribution < 1.29 is 23.1 Å². The number of benzene rings is 1. The zero-order valence-corrected chi connectivity index (χ0v) is 14.8. The van der Waals surface area contributed by atoms with E-state index in [4.69, 9.17) is 0 Å². The number of aliphatic carboxylic acids is 1. The first-order valence-corrected chi connectivity index (χ1v) is 9.49. The van der Waals surface area contributed by atoms with E-state index in [0.717, 1.165) is 0 Å². The molecule has 25 heavy (non-hydrogen) atoms. The van der Waals surface area contributed by atoms with Gasteiger partial charge in [-0.2, -0.15) is 0 Å². The molecule has 1 heterocycles.